The van der Waals surface area contributed by atoms with Gasteiger partial charge in [-0.3, -0.25) is 0 Å². The number of benzene rings is 2. The van der Waals surface area contributed by atoms with Gasteiger partial charge in [-0.1, -0.05) is 41.9 Å². The molecule has 2 aromatic carbocycles. The first-order valence-corrected chi connectivity index (χ1v) is 10.5. The van der Waals surface area contributed by atoms with Crippen LogP contribution in [0.25, 0.3) is 0 Å². The van der Waals surface area contributed by atoms with Crippen LogP contribution in [-0.4, -0.2) is 44.2 Å². The van der Waals surface area contributed by atoms with Gasteiger partial charge in [0, 0.05) is 24.7 Å². The summed E-state index contributed by atoms with van der Waals surface area (Å²) < 4.78 is 25.0. The number of rotatable bonds is 6. The third-order valence-electron chi connectivity index (χ3n) is 4.48. The Labute approximate surface area is 158 Å². The molecular formula is C19H21ClN2O3S. The number of urea groups is 1. The van der Waals surface area contributed by atoms with Gasteiger partial charge in [0.25, 0.3) is 0 Å². The van der Waals surface area contributed by atoms with Crippen molar-refractivity contribution in [1.82, 2.24) is 10.2 Å². The highest BCUT2D eigenvalue weighted by Crippen LogP contribution is 2.24. The number of nitrogens with zero attached hydrogens (tertiary/aromatic N) is 1. The van der Waals surface area contributed by atoms with Crippen LogP contribution in [0.3, 0.4) is 0 Å². The summed E-state index contributed by atoms with van der Waals surface area (Å²) in [6, 6.07) is 16.0. The van der Waals surface area contributed by atoms with E-state index in [0.717, 1.165) is 12.8 Å². The highest BCUT2D eigenvalue weighted by molar-refractivity contribution is 7.92. The van der Waals surface area contributed by atoms with Crippen molar-refractivity contribution in [2.75, 3.05) is 19.6 Å². The predicted molar refractivity (Wildman–Crippen MR) is 102 cm³/mol. The summed E-state index contributed by atoms with van der Waals surface area (Å²) in [6.07, 6.45) is 1.74. The summed E-state index contributed by atoms with van der Waals surface area (Å²) in [5, 5.41) is 2.79. The second-order valence-corrected chi connectivity index (χ2v) is 9.01. The zero-order valence-corrected chi connectivity index (χ0v) is 15.8. The average Bonchev–Trinajstić information content (AvgIpc) is 2.58. The largest absolute Gasteiger partial charge is 0.338 e. The van der Waals surface area contributed by atoms with E-state index < -0.39 is 15.1 Å². The van der Waals surface area contributed by atoms with Crippen molar-refractivity contribution in [3.05, 3.63) is 65.2 Å². The SMILES string of the molecule is O=C(NCCCc1ccccc1)N1CC(S(=O)(=O)c2ccc(Cl)cc2)C1. The number of likely N-dealkylation sites (tertiary alicyclic amines) is 1. The molecule has 0 radical (unpaired) electrons. The van der Waals surface area contributed by atoms with Gasteiger partial charge in [0.15, 0.2) is 9.84 Å². The normalized spacial score (nSPS) is 14.7. The molecule has 1 aliphatic rings. The number of aryl methyl sites for hydroxylation is 1. The molecule has 0 bridgehead atoms. The van der Waals surface area contributed by atoms with E-state index in [0.29, 0.717) is 11.6 Å². The van der Waals surface area contributed by atoms with Crippen molar-refractivity contribution >= 4 is 27.5 Å². The van der Waals surface area contributed by atoms with E-state index in [4.69, 9.17) is 11.6 Å². The molecule has 5 nitrogen and oxygen atoms in total. The molecule has 1 saturated heterocycles. The first-order chi connectivity index (χ1) is 12.5. The molecular weight excluding hydrogens is 372 g/mol. The predicted octanol–water partition coefficient (Wildman–Crippen LogP) is 3.14. The summed E-state index contributed by atoms with van der Waals surface area (Å²) in [7, 11) is -3.43. The highest BCUT2D eigenvalue weighted by Gasteiger charge is 2.40. The molecule has 1 heterocycles. The number of hydrogen-bond acceptors (Lipinski definition) is 3. The number of sulfone groups is 1. The maximum Gasteiger partial charge on any atom is 0.317 e. The molecule has 0 atom stereocenters. The fraction of sp³-hybridized carbons (Fsp3) is 0.316. The Morgan fingerprint density at radius 3 is 2.38 bits per heavy atom. The van der Waals surface area contributed by atoms with Gasteiger partial charge >= 0.3 is 6.03 Å². The molecule has 1 aliphatic heterocycles. The minimum atomic E-state index is -3.43. The van der Waals surface area contributed by atoms with E-state index in [-0.39, 0.29) is 24.0 Å². The molecule has 2 amide bonds. The number of carbonyl (C=O) groups excluding carboxylic acids is 1. The van der Waals surface area contributed by atoms with Gasteiger partial charge in [0.2, 0.25) is 0 Å². The van der Waals surface area contributed by atoms with Gasteiger partial charge in [0.1, 0.15) is 5.25 Å². The van der Waals surface area contributed by atoms with E-state index in [1.807, 2.05) is 18.2 Å². The number of carbonyl (C=O) groups is 1. The summed E-state index contributed by atoms with van der Waals surface area (Å²) in [5.41, 5.74) is 1.24. The van der Waals surface area contributed by atoms with Gasteiger partial charge in [0.05, 0.1) is 4.90 Å². The molecule has 26 heavy (non-hydrogen) atoms. The van der Waals surface area contributed by atoms with Crippen molar-refractivity contribution in [1.29, 1.82) is 0 Å². The molecule has 0 spiro atoms. The van der Waals surface area contributed by atoms with Crippen LogP contribution < -0.4 is 5.32 Å². The van der Waals surface area contributed by atoms with Crippen molar-refractivity contribution in [3.63, 3.8) is 0 Å². The van der Waals surface area contributed by atoms with Gasteiger partial charge < -0.3 is 10.2 Å². The number of hydrogen-bond donors (Lipinski definition) is 1. The van der Waals surface area contributed by atoms with E-state index in [1.54, 1.807) is 12.1 Å². The molecule has 138 valence electrons. The van der Waals surface area contributed by atoms with Crippen LogP contribution in [0.2, 0.25) is 5.02 Å². The van der Waals surface area contributed by atoms with Gasteiger partial charge in [-0.15, -0.1) is 0 Å². The zero-order valence-electron chi connectivity index (χ0n) is 14.3. The second-order valence-electron chi connectivity index (χ2n) is 6.35. The fourth-order valence-corrected chi connectivity index (χ4v) is 4.64. The summed E-state index contributed by atoms with van der Waals surface area (Å²) in [4.78, 5) is 13.9. The topological polar surface area (TPSA) is 66.5 Å². The first kappa shape index (κ1) is 18.7. The maximum absolute atomic E-state index is 12.5. The molecule has 2 aromatic rings. The highest BCUT2D eigenvalue weighted by atomic mass is 35.5. The third kappa shape index (κ3) is 4.37. The van der Waals surface area contributed by atoms with E-state index >= 15 is 0 Å². The Balaban J connectivity index is 1.42. The van der Waals surface area contributed by atoms with E-state index in [2.05, 4.69) is 17.4 Å². The van der Waals surface area contributed by atoms with Crippen molar-refractivity contribution in [3.8, 4) is 0 Å². The number of nitrogens with one attached hydrogen (secondary N) is 1. The second kappa shape index (κ2) is 8.10. The lowest BCUT2D eigenvalue weighted by molar-refractivity contribution is 0.169. The Morgan fingerprint density at radius 2 is 1.73 bits per heavy atom. The standard InChI is InChI=1S/C19H21ClN2O3S/c20-16-8-10-17(11-9-16)26(24,25)18-13-22(14-18)19(23)21-12-4-7-15-5-2-1-3-6-15/h1-3,5-6,8-11,18H,4,7,12-14H2,(H,21,23). The molecule has 0 aromatic heterocycles. The summed E-state index contributed by atoms with van der Waals surface area (Å²) in [5.74, 6) is 0. The van der Waals surface area contributed by atoms with Crippen LogP contribution in [0.5, 0.6) is 0 Å². The van der Waals surface area contributed by atoms with Crippen molar-refractivity contribution < 1.29 is 13.2 Å². The molecule has 0 saturated carbocycles. The lowest BCUT2D eigenvalue weighted by atomic mass is 10.1. The average molecular weight is 393 g/mol. The van der Waals surface area contributed by atoms with Gasteiger partial charge in [-0.05, 0) is 42.7 Å². The Morgan fingerprint density at radius 1 is 1.08 bits per heavy atom. The Kier molecular flexibility index (Phi) is 5.84. The summed E-state index contributed by atoms with van der Waals surface area (Å²) >= 11 is 5.80. The Bertz CT molecular complexity index is 848. The molecule has 1 N–H and O–H groups in total. The molecule has 0 aliphatic carbocycles. The smallest absolute Gasteiger partial charge is 0.317 e. The van der Waals surface area contributed by atoms with Crippen molar-refractivity contribution in [2.24, 2.45) is 0 Å². The fourth-order valence-electron chi connectivity index (χ4n) is 2.86. The van der Waals surface area contributed by atoms with Crippen LogP contribution in [0, 0.1) is 0 Å². The minimum absolute atomic E-state index is 0.208. The molecule has 1 fully saturated rings. The van der Waals surface area contributed by atoms with Gasteiger partial charge in [-0.2, -0.15) is 0 Å². The number of halogens is 1. The zero-order chi connectivity index (χ0) is 18.6. The van der Waals surface area contributed by atoms with Gasteiger partial charge in [-0.25, -0.2) is 13.2 Å². The molecule has 0 unspecified atom stereocenters. The van der Waals surface area contributed by atoms with Crippen LogP contribution in [0.1, 0.15) is 12.0 Å². The van der Waals surface area contributed by atoms with E-state index in [9.17, 15) is 13.2 Å². The van der Waals surface area contributed by atoms with Crippen LogP contribution in [0.15, 0.2) is 59.5 Å². The third-order valence-corrected chi connectivity index (χ3v) is 6.83. The maximum atomic E-state index is 12.5. The van der Waals surface area contributed by atoms with Crippen LogP contribution in [-0.2, 0) is 16.3 Å². The first-order valence-electron chi connectivity index (χ1n) is 8.53. The minimum Gasteiger partial charge on any atom is -0.338 e. The van der Waals surface area contributed by atoms with Crippen molar-refractivity contribution in [2.45, 2.75) is 23.0 Å². The lowest BCUT2D eigenvalue weighted by Gasteiger charge is -2.38. The molecule has 3 rings (SSSR count). The molecule has 7 heteroatoms. The van der Waals surface area contributed by atoms with Crippen LogP contribution in [0.4, 0.5) is 4.79 Å². The lowest BCUT2D eigenvalue weighted by Crippen LogP contribution is -2.59. The van der Waals surface area contributed by atoms with E-state index in [1.165, 1.54) is 22.6 Å². The Hall–Kier alpha value is -2.05. The van der Waals surface area contributed by atoms with Crippen LogP contribution >= 0.6 is 11.6 Å². The monoisotopic (exact) mass is 392 g/mol. The quantitative estimate of drug-likeness (QED) is 0.768. The summed E-state index contributed by atoms with van der Waals surface area (Å²) in [6.45, 7) is 1.00. The number of amides is 2.